The predicted molar refractivity (Wildman–Crippen MR) is 126 cm³/mol. The number of hydrogen-bond donors (Lipinski definition) is 5. The molecule has 0 saturated heterocycles. The van der Waals surface area contributed by atoms with Crippen LogP contribution in [0.2, 0.25) is 0 Å². The lowest BCUT2D eigenvalue weighted by Gasteiger charge is -2.23. The Labute approximate surface area is 186 Å². The number of nitrogens with two attached hydrogens (primary N) is 2. The first-order valence-electron chi connectivity index (χ1n) is 9.71. The minimum absolute atomic E-state index is 0.0333. The molecule has 0 radical (unpaired) electrons. The van der Waals surface area contributed by atoms with Crippen LogP contribution < -0.4 is 21.6 Å². The molecule has 0 aliphatic rings. The Kier molecular flexibility index (Phi) is 6.76. The van der Waals surface area contributed by atoms with E-state index < -0.39 is 16.1 Å². The number of amides is 2. The summed E-state index contributed by atoms with van der Waals surface area (Å²) in [6, 6.07) is 19.7. The average Bonchev–Trinajstić information content (AvgIpc) is 2.77. The van der Waals surface area contributed by atoms with E-state index in [0.29, 0.717) is 34.6 Å². The third-order valence-electron chi connectivity index (χ3n) is 4.64. The third-order valence-corrected chi connectivity index (χ3v) is 5.61. The molecule has 7 N–H and O–H groups in total. The molecular formula is C22H24N6O3S. The Morgan fingerprint density at radius 2 is 1.69 bits per heavy atom. The van der Waals surface area contributed by atoms with Gasteiger partial charge in [0.25, 0.3) is 0 Å². The van der Waals surface area contributed by atoms with E-state index in [1.807, 2.05) is 6.92 Å². The van der Waals surface area contributed by atoms with Crippen molar-refractivity contribution in [1.82, 2.24) is 5.01 Å². The van der Waals surface area contributed by atoms with Gasteiger partial charge in [0.05, 0.1) is 10.6 Å². The highest BCUT2D eigenvalue weighted by Gasteiger charge is 2.15. The summed E-state index contributed by atoms with van der Waals surface area (Å²) in [5, 5.41) is 17.0. The van der Waals surface area contributed by atoms with E-state index in [2.05, 4.69) is 10.7 Å². The smallest absolute Gasteiger partial charge is 0.340 e. The van der Waals surface area contributed by atoms with Crippen molar-refractivity contribution >= 4 is 33.3 Å². The van der Waals surface area contributed by atoms with Crippen molar-refractivity contribution in [1.29, 1.82) is 5.41 Å². The zero-order valence-corrected chi connectivity index (χ0v) is 18.2. The van der Waals surface area contributed by atoms with Crippen LogP contribution in [0.15, 0.2) is 77.7 Å². The number of hydrazine groups is 1. The molecule has 9 nitrogen and oxygen atoms in total. The minimum Gasteiger partial charge on any atom is -0.384 e. The van der Waals surface area contributed by atoms with Crippen molar-refractivity contribution in [2.24, 2.45) is 10.9 Å². The number of hydrogen-bond acceptors (Lipinski definition) is 5. The quantitative estimate of drug-likeness (QED) is 0.212. The maximum atomic E-state index is 12.7. The SMILES string of the molecule is CCN(Nc1cccc(C(=N)N)c1)C(=O)Nc1ccc(-c2ccccc2S(N)(=O)=O)cc1. The molecule has 166 valence electrons. The molecule has 3 rings (SSSR count). The van der Waals surface area contributed by atoms with Gasteiger partial charge in [0.1, 0.15) is 5.84 Å². The predicted octanol–water partition coefficient (Wildman–Crippen LogP) is 3.17. The molecular weight excluding hydrogens is 428 g/mol. The highest BCUT2D eigenvalue weighted by atomic mass is 32.2. The van der Waals surface area contributed by atoms with Crippen LogP contribution in [0.1, 0.15) is 12.5 Å². The summed E-state index contributed by atoms with van der Waals surface area (Å²) in [7, 11) is -3.87. The minimum atomic E-state index is -3.87. The summed E-state index contributed by atoms with van der Waals surface area (Å²) in [6.45, 7) is 2.19. The van der Waals surface area contributed by atoms with Gasteiger partial charge in [-0.2, -0.15) is 0 Å². The number of carbonyl (C=O) groups is 1. The molecule has 10 heteroatoms. The Morgan fingerprint density at radius 1 is 1.00 bits per heavy atom. The fourth-order valence-corrected chi connectivity index (χ4v) is 3.82. The molecule has 3 aromatic rings. The number of carbonyl (C=O) groups excluding carboxylic acids is 1. The van der Waals surface area contributed by atoms with Gasteiger partial charge < -0.3 is 11.1 Å². The lowest BCUT2D eigenvalue weighted by atomic mass is 10.1. The maximum absolute atomic E-state index is 12.7. The molecule has 0 heterocycles. The van der Waals surface area contributed by atoms with Crippen molar-refractivity contribution < 1.29 is 13.2 Å². The van der Waals surface area contributed by atoms with Crippen LogP contribution in [0.25, 0.3) is 11.1 Å². The Balaban J connectivity index is 1.74. The van der Waals surface area contributed by atoms with Gasteiger partial charge in [-0.05, 0) is 42.8 Å². The molecule has 0 atom stereocenters. The molecule has 0 bridgehead atoms. The second kappa shape index (κ2) is 9.50. The Bertz CT molecular complexity index is 1240. The molecule has 0 saturated carbocycles. The Morgan fingerprint density at radius 3 is 2.31 bits per heavy atom. The van der Waals surface area contributed by atoms with Crippen molar-refractivity contribution in [3.8, 4) is 11.1 Å². The van der Waals surface area contributed by atoms with Crippen molar-refractivity contribution in [3.63, 3.8) is 0 Å². The second-order valence-electron chi connectivity index (χ2n) is 6.90. The third kappa shape index (κ3) is 5.42. The fraction of sp³-hybridized carbons (Fsp3) is 0.0909. The summed E-state index contributed by atoms with van der Waals surface area (Å²) in [4.78, 5) is 12.7. The van der Waals surface area contributed by atoms with E-state index in [4.69, 9.17) is 16.3 Å². The number of sulfonamides is 1. The van der Waals surface area contributed by atoms with E-state index in [-0.39, 0.29) is 10.7 Å². The van der Waals surface area contributed by atoms with Crippen LogP contribution in [0.5, 0.6) is 0 Å². The number of nitrogen functional groups attached to an aromatic ring is 1. The maximum Gasteiger partial charge on any atom is 0.340 e. The molecule has 0 unspecified atom stereocenters. The molecule has 0 fully saturated rings. The first kappa shape index (κ1) is 22.8. The molecule has 3 aromatic carbocycles. The van der Waals surface area contributed by atoms with Gasteiger partial charge >= 0.3 is 6.03 Å². The molecule has 32 heavy (non-hydrogen) atoms. The normalized spacial score (nSPS) is 10.9. The van der Waals surface area contributed by atoms with Gasteiger partial charge in [-0.3, -0.25) is 10.8 Å². The number of anilines is 2. The summed E-state index contributed by atoms with van der Waals surface area (Å²) >= 11 is 0. The standard InChI is InChI=1S/C22H24N6O3S/c1-2-28(27-18-7-5-6-16(14-18)21(23)24)22(29)26-17-12-10-15(11-13-17)19-8-3-4-9-20(19)32(25,30)31/h3-14,27H,2H2,1H3,(H3,23,24)(H,26,29)(H2,25,30,31). The van der Waals surface area contributed by atoms with E-state index in [9.17, 15) is 13.2 Å². The number of primary sulfonamides is 1. The van der Waals surface area contributed by atoms with Gasteiger partial charge in [-0.1, -0.05) is 42.5 Å². The monoisotopic (exact) mass is 452 g/mol. The van der Waals surface area contributed by atoms with E-state index >= 15 is 0 Å². The fourth-order valence-electron chi connectivity index (χ4n) is 3.06. The number of nitrogens with zero attached hydrogens (tertiary/aromatic N) is 1. The number of amidine groups is 1. The van der Waals surface area contributed by atoms with E-state index in [0.717, 1.165) is 0 Å². The molecule has 0 spiro atoms. The van der Waals surface area contributed by atoms with Crippen LogP contribution in [0.3, 0.4) is 0 Å². The van der Waals surface area contributed by atoms with Gasteiger partial charge in [-0.15, -0.1) is 0 Å². The van der Waals surface area contributed by atoms with Crippen molar-refractivity contribution in [2.75, 3.05) is 17.3 Å². The first-order chi connectivity index (χ1) is 15.2. The van der Waals surface area contributed by atoms with Crippen molar-refractivity contribution in [2.45, 2.75) is 11.8 Å². The highest BCUT2D eigenvalue weighted by molar-refractivity contribution is 7.89. The number of benzene rings is 3. The summed E-state index contributed by atoms with van der Waals surface area (Å²) in [5.41, 5.74) is 11.3. The highest BCUT2D eigenvalue weighted by Crippen LogP contribution is 2.27. The second-order valence-corrected chi connectivity index (χ2v) is 8.43. The van der Waals surface area contributed by atoms with Gasteiger partial charge in [0.15, 0.2) is 0 Å². The van der Waals surface area contributed by atoms with Gasteiger partial charge in [0, 0.05) is 23.4 Å². The molecule has 2 amide bonds. The average molecular weight is 453 g/mol. The van der Waals surface area contributed by atoms with Crippen LogP contribution in [-0.4, -0.2) is 31.8 Å². The summed E-state index contributed by atoms with van der Waals surface area (Å²) in [5.74, 6) is -0.0646. The van der Waals surface area contributed by atoms with E-state index in [1.165, 1.54) is 11.1 Å². The number of rotatable bonds is 7. The van der Waals surface area contributed by atoms with Crippen LogP contribution in [0.4, 0.5) is 16.2 Å². The van der Waals surface area contributed by atoms with Crippen LogP contribution in [-0.2, 0) is 10.0 Å². The van der Waals surface area contributed by atoms with Crippen molar-refractivity contribution in [3.05, 3.63) is 78.4 Å². The lowest BCUT2D eigenvalue weighted by Crippen LogP contribution is -2.39. The van der Waals surface area contributed by atoms with Crippen LogP contribution >= 0.6 is 0 Å². The molecule has 0 aliphatic carbocycles. The number of urea groups is 1. The molecule has 0 aromatic heterocycles. The zero-order chi connectivity index (χ0) is 23.3. The summed E-state index contributed by atoms with van der Waals surface area (Å²) < 4.78 is 23.7. The topological polar surface area (TPSA) is 154 Å². The Hall–Kier alpha value is -3.89. The number of nitrogens with one attached hydrogen (secondary N) is 3. The van der Waals surface area contributed by atoms with Gasteiger partial charge in [0.2, 0.25) is 10.0 Å². The van der Waals surface area contributed by atoms with Crippen LogP contribution in [0, 0.1) is 5.41 Å². The summed E-state index contributed by atoms with van der Waals surface area (Å²) in [6.07, 6.45) is 0. The van der Waals surface area contributed by atoms with Gasteiger partial charge in [-0.25, -0.2) is 23.4 Å². The zero-order valence-electron chi connectivity index (χ0n) is 17.4. The largest absolute Gasteiger partial charge is 0.384 e. The van der Waals surface area contributed by atoms with E-state index in [1.54, 1.807) is 66.7 Å². The first-order valence-corrected chi connectivity index (χ1v) is 11.3. The lowest BCUT2D eigenvalue weighted by molar-refractivity contribution is 0.224. The molecule has 0 aliphatic heterocycles.